The summed E-state index contributed by atoms with van der Waals surface area (Å²) in [6.45, 7) is 3.47. The highest BCUT2D eigenvalue weighted by atomic mass is 32.2. The minimum atomic E-state index is -0.614. The van der Waals surface area contributed by atoms with Gasteiger partial charge in [-0.25, -0.2) is 0 Å². The summed E-state index contributed by atoms with van der Waals surface area (Å²) in [4.78, 5) is 43.3. The van der Waals surface area contributed by atoms with Crippen LogP contribution in [0.4, 0.5) is 0 Å². The van der Waals surface area contributed by atoms with E-state index in [-0.39, 0.29) is 29.1 Å². The number of aliphatic hydroxyl groups is 1. The van der Waals surface area contributed by atoms with Gasteiger partial charge in [0.1, 0.15) is 6.04 Å². The third kappa shape index (κ3) is 4.84. The van der Waals surface area contributed by atoms with Crippen LogP contribution in [-0.4, -0.2) is 56.4 Å². The summed E-state index contributed by atoms with van der Waals surface area (Å²) in [6, 6.07) is 18.9. The fourth-order valence-corrected chi connectivity index (χ4v) is 9.07. The first-order chi connectivity index (χ1) is 18.4. The van der Waals surface area contributed by atoms with Crippen molar-refractivity contribution in [2.75, 3.05) is 13.2 Å². The molecule has 3 fully saturated rings. The van der Waals surface area contributed by atoms with Gasteiger partial charge in [0.2, 0.25) is 17.7 Å². The van der Waals surface area contributed by atoms with Crippen LogP contribution in [0.3, 0.4) is 0 Å². The van der Waals surface area contributed by atoms with E-state index < -0.39 is 22.6 Å². The van der Waals surface area contributed by atoms with Crippen molar-refractivity contribution in [1.29, 1.82) is 0 Å². The molecule has 0 aromatic heterocycles. The molecule has 202 valence electrons. The Hall–Kier alpha value is -2.84. The Bertz CT molecular complexity index is 1160. The van der Waals surface area contributed by atoms with Gasteiger partial charge in [0.15, 0.2) is 0 Å². The highest BCUT2D eigenvalue weighted by Gasteiger charge is 2.76. The van der Waals surface area contributed by atoms with Crippen LogP contribution >= 0.6 is 11.8 Å². The second kappa shape index (κ2) is 11.1. The van der Waals surface area contributed by atoms with E-state index in [1.165, 1.54) is 0 Å². The molecule has 38 heavy (non-hydrogen) atoms. The number of nitrogens with zero attached hydrogens (tertiary/aromatic N) is 1. The van der Waals surface area contributed by atoms with E-state index in [0.717, 1.165) is 30.4 Å². The molecule has 0 saturated carbocycles. The van der Waals surface area contributed by atoms with E-state index in [1.54, 1.807) is 16.7 Å². The van der Waals surface area contributed by atoms with Gasteiger partial charge in [0.25, 0.3) is 0 Å². The van der Waals surface area contributed by atoms with E-state index in [4.69, 9.17) is 0 Å². The number of unbranched alkanes of at least 4 members (excludes halogenated alkanes) is 2. The molecule has 7 nitrogen and oxygen atoms in total. The molecular formula is C30H37N3O4S. The van der Waals surface area contributed by atoms with E-state index >= 15 is 0 Å². The van der Waals surface area contributed by atoms with Crippen molar-refractivity contribution < 1.29 is 19.5 Å². The molecule has 5 atom stereocenters. The van der Waals surface area contributed by atoms with Crippen LogP contribution in [0.25, 0.3) is 0 Å². The zero-order valence-electron chi connectivity index (χ0n) is 21.9. The summed E-state index contributed by atoms with van der Waals surface area (Å²) < 4.78 is -1.000. The van der Waals surface area contributed by atoms with Crippen molar-refractivity contribution in [2.45, 2.75) is 67.7 Å². The zero-order chi connectivity index (χ0) is 26.8. The number of aliphatic hydroxyl groups excluding tert-OH is 1. The van der Waals surface area contributed by atoms with Crippen LogP contribution in [-0.2, 0) is 27.5 Å². The Kier molecular flexibility index (Phi) is 7.82. The summed E-state index contributed by atoms with van der Waals surface area (Å²) in [5.74, 6) is -1.33. The molecule has 3 amide bonds. The number of nitrogens with one attached hydrogen (secondary N) is 2. The fourth-order valence-electron chi connectivity index (χ4n) is 6.72. The molecule has 1 spiro atoms. The van der Waals surface area contributed by atoms with Gasteiger partial charge in [-0.15, -0.1) is 11.8 Å². The number of amides is 3. The largest absolute Gasteiger partial charge is 0.396 e. The third-order valence-electron chi connectivity index (χ3n) is 8.48. The van der Waals surface area contributed by atoms with E-state index in [1.807, 2.05) is 60.7 Å². The molecule has 0 radical (unpaired) electrons. The molecule has 8 heteroatoms. The van der Waals surface area contributed by atoms with E-state index in [2.05, 4.69) is 17.6 Å². The number of likely N-dealkylation sites (tertiary alicyclic amines) is 1. The average molecular weight is 536 g/mol. The number of benzene rings is 2. The Morgan fingerprint density at radius 3 is 2.13 bits per heavy atom. The van der Waals surface area contributed by atoms with Crippen molar-refractivity contribution in [1.82, 2.24) is 15.5 Å². The second-order valence-corrected chi connectivity index (χ2v) is 12.8. The first kappa shape index (κ1) is 26.8. The van der Waals surface area contributed by atoms with Crippen molar-refractivity contribution in [2.24, 2.45) is 11.8 Å². The number of hydrogen-bond acceptors (Lipinski definition) is 5. The lowest BCUT2D eigenvalue weighted by Gasteiger charge is -2.35. The van der Waals surface area contributed by atoms with Gasteiger partial charge in [0, 0.05) is 31.0 Å². The number of carbonyl (C=O) groups excluding carboxylic acids is 3. The lowest BCUT2D eigenvalue weighted by atomic mass is 9.66. The molecule has 2 bridgehead atoms. The molecule has 2 aromatic rings. The van der Waals surface area contributed by atoms with Gasteiger partial charge >= 0.3 is 0 Å². The van der Waals surface area contributed by atoms with Crippen molar-refractivity contribution in [3.05, 3.63) is 71.8 Å². The number of fused-ring (bicyclic) bond motifs is 1. The fraction of sp³-hybridized carbons (Fsp3) is 0.500. The molecule has 3 aliphatic rings. The summed E-state index contributed by atoms with van der Waals surface area (Å²) >= 11 is 1.70. The minimum Gasteiger partial charge on any atom is -0.396 e. The number of hydrogen-bond donors (Lipinski definition) is 3. The van der Waals surface area contributed by atoms with Crippen LogP contribution in [0.15, 0.2) is 60.7 Å². The normalized spacial score (nSPS) is 29.4. The van der Waals surface area contributed by atoms with Crippen LogP contribution in [0.1, 0.15) is 50.2 Å². The molecule has 5 rings (SSSR count). The number of thioether (sulfide) groups is 1. The zero-order valence-corrected chi connectivity index (χ0v) is 22.7. The van der Waals surface area contributed by atoms with Crippen LogP contribution < -0.4 is 10.6 Å². The molecule has 3 heterocycles. The SMILES string of the molecule is C[C@]12CCC3(S1)C(C(=O)NCc1ccccc1)N(CCCCCO)C(=O)[C@@H]3[C@H]2C(=O)NCc1ccccc1. The maximum atomic E-state index is 14.1. The summed E-state index contributed by atoms with van der Waals surface area (Å²) in [7, 11) is 0. The standard InChI is InChI=1S/C30H37N3O4S/c1-29-15-16-30(38-29)24(23(29)26(35)31-19-21-11-5-2-6-12-21)28(37)33(17-9-4-10-18-34)25(30)27(36)32-20-22-13-7-3-8-14-22/h2-3,5-8,11-14,23-25,34H,4,9-10,15-20H2,1H3,(H,31,35)(H,32,36)/t23-,24-,25?,29+,30?/m0/s1. The maximum Gasteiger partial charge on any atom is 0.244 e. The molecule has 3 N–H and O–H groups in total. The Balaban J connectivity index is 1.39. The van der Waals surface area contributed by atoms with Gasteiger partial charge < -0.3 is 20.6 Å². The predicted octanol–water partition coefficient (Wildman–Crippen LogP) is 3.26. The van der Waals surface area contributed by atoms with Crippen LogP contribution in [0.2, 0.25) is 0 Å². The quantitative estimate of drug-likeness (QED) is 0.384. The molecule has 0 aliphatic carbocycles. The molecular weight excluding hydrogens is 498 g/mol. The van der Waals surface area contributed by atoms with Gasteiger partial charge in [-0.2, -0.15) is 0 Å². The highest BCUT2D eigenvalue weighted by molar-refractivity contribution is 8.02. The maximum absolute atomic E-state index is 14.1. The summed E-state index contributed by atoms with van der Waals surface area (Å²) in [5.41, 5.74) is 2.01. The van der Waals surface area contributed by atoms with Crippen molar-refractivity contribution in [3.63, 3.8) is 0 Å². The number of rotatable bonds is 11. The molecule has 2 aromatic carbocycles. The summed E-state index contributed by atoms with van der Waals surface area (Å²) in [5, 5.41) is 15.4. The van der Waals surface area contributed by atoms with Gasteiger partial charge in [-0.05, 0) is 50.2 Å². The van der Waals surface area contributed by atoms with E-state index in [0.29, 0.717) is 32.5 Å². The second-order valence-electron chi connectivity index (χ2n) is 11.0. The Morgan fingerprint density at radius 2 is 1.53 bits per heavy atom. The lowest BCUT2D eigenvalue weighted by molar-refractivity contribution is -0.140. The minimum absolute atomic E-state index is 0.0790. The molecule has 2 unspecified atom stereocenters. The topological polar surface area (TPSA) is 98.7 Å². The van der Waals surface area contributed by atoms with Gasteiger partial charge in [-0.3, -0.25) is 14.4 Å². The Labute approximate surface area is 228 Å². The Morgan fingerprint density at radius 1 is 0.921 bits per heavy atom. The number of carbonyl (C=O) groups is 3. The monoisotopic (exact) mass is 535 g/mol. The van der Waals surface area contributed by atoms with Gasteiger partial charge in [-0.1, -0.05) is 60.7 Å². The van der Waals surface area contributed by atoms with Crippen molar-refractivity contribution >= 4 is 29.5 Å². The molecule has 3 aliphatic heterocycles. The molecule has 3 saturated heterocycles. The first-order valence-electron chi connectivity index (χ1n) is 13.6. The smallest absolute Gasteiger partial charge is 0.244 e. The lowest BCUT2D eigenvalue weighted by Crippen LogP contribution is -2.53. The average Bonchev–Trinajstić information content (AvgIpc) is 3.50. The van der Waals surface area contributed by atoms with Crippen LogP contribution in [0.5, 0.6) is 0 Å². The van der Waals surface area contributed by atoms with Crippen LogP contribution in [0, 0.1) is 11.8 Å². The first-order valence-corrected chi connectivity index (χ1v) is 14.5. The highest BCUT2D eigenvalue weighted by Crippen LogP contribution is 2.71. The van der Waals surface area contributed by atoms with Gasteiger partial charge in [0.05, 0.1) is 16.6 Å². The third-order valence-corrected chi connectivity index (χ3v) is 10.5. The van der Waals surface area contributed by atoms with Crippen molar-refractivity contribution in [3.8, 4) is 0 Å². The van der Waals surface area contributed by atoms with E-state index in [9.17, 15) is 19.5 Å². The predicted molar refractivity (Wildman–Crippen MR) is 148 cm³/mol. The summed E-state index contributed by atoms with van der Waals surface area (Å²) in [6.07, 6.45) is 3.70.